The average molecular weight is 350 g/mol. The van der Waals surface area contributed by atoms with E-state index in [1.54, 1.807) is 32.0 Å². The number of primary amides is 1. The quantitative estimate of drug-likeness (QED) is 0.877. The molecule has 0 unspecified atom stereocenters. The Morgan fingerprint density at radius 2 is 2.05 bits per heavy atom. The van der Waals surface area contributed by atoms with E-state index in [0.29, 0.717) is 15.2 Å². The highest BCUT2D eigenvalue weighted by molar-refractivity contribution is 9.10. The van der Waals surface area contributed by atoms with Gasteiger partial charge in [0.1, 0.15) is 5.75 Å². The maximum Gasteiger partial charge on any atom is 0.318 e. The van der Waals surface area contributed by atoms with E-state index in [9.17, 15) is 9.59 Å². The van der Waals surface area contributed by atoms with Crippen molar-refractivity contribution in [2.24, 2.45) is 11.7 Å². The Hall–Kier alpha value is -1.27. The SMILES string of the molecule is CC(C)[C@H](Oc1ccc(Cl)cc1Br)C(=O)NC(N)=O. The van der Waals surface area contributed by atoms with Crippen LogP contribution in [0.15, 0.2) is 22.7 Å². The first-order valence-electron chi connectivity index (χ1n) is 5.53. The lowest BCUT2D eigenvalue weighted by Crippen LogP contribution is -2.46. The molecule has 19 heavy (non-hydrogen) atoms. The fraction of sp³-hybridized carbons (Fsp3) is 0.333. The third kappa shape index (κ3) is 4.72. The number of hydrogen-bond acceptors (Lipinski definition) is 3. The average Bonchev–Trinajstić information content (AvgIpc) is 2.26. The normalized spacial score (nSPS) is 12.1. The van der Waals surface area contributed by atoms with Crippen LogP contribution in [-0.4, -0.2) is 18.0 Å². The molecule has 3 amide bonds. The van der Waals surface area contributed by atoms with E-state index >= 15 is 0 Å². The van der Waals surface area contributed by atoms with Gasteiger partial charge in [-0.2, -0.15) is 0 Å². The first-order valence-corrected chi connectivity index (χ1v) is 6.70. The minimum Gasteiger partial charge on any atom is -0.479 e. The summed E-state index contributed by atoms with van der Waals surface area (Å²) in [6.45, 7) is 3.60. The number of nitrogens with one attached hydrogen (secondary N) is 1. The molecule has 0 radical (unpaired) electrons. The van der Waals surface area contributed by atoms with E-state index in [-0.39, 0.29) is 5.92 Å². The number of benzene rings is 1. The van der Waals surface area contributed by atoms with Crippen molar-refractivity contribution in [3.63, 3.8) is 0 Å². The van der Waals surface area contributed by atoms with Gasteiger partial charge >= 0.3 is 6.03 Å². The molecule has 0 saturated heterocycles. The highest BCUT2D eigenvalue weighted by atomic mass is 79.9. The summed E-state index contributed by atoms with van der Waals surface area (Å²) in [4.78, 5) is 22.5. The molecule has 0 spiro atoms. The summed E-state index contributed by atoms with van der Waals surface area (Å²) in [5.41, 5.74) is 4.92. The van der Waals surface area contributed by atoms with Gasteiger partial charge in [0.2, 0.25) is 0 Å². The minimum atomic E-state index is -0.908. The van der Waals surface area contributed by atoms with Gasteiger partial charge in [-0.3, -0.25) is 10.1 Å². The molecule has 3 N–H and O–H groups in total. The molecule has 0 aromatic heterocycles. The second-order valence-electron chi connectivity index (χ2n) is 4.21. The maximum atomic E-state index is 11.8. The van der Waals surface area contributed by atoms with Crippen LogP contribution in [0.4, 0.5) is 4.79 Å². The number of amides is 3. The number of ether oxygens (including phenoxy) is 1. The van der Waals surface area contributed by atoms with Gasteiger partial charge in [-0.1, -0.05) is 25.4 Å². The molecule has 104 valence electrons. The molecule has 7 heteroatoms. The summed E-state index contributed by atoms with van der Waals surface area (Å²) < 4.78 is 6.22. The fourth-order valence-electron chi connectivity index (χ4n) is 1.39. The van der Waals surface area contributed by atoms with Crippen LogP contribution in [0.3, 0.4) is 0 Å². The number of nitrogens with two attached hydrogens (primary N) is 1. The molecular formula is C12H14BrClN2O3. The summed E-state index contributed by atoms with van der Waals surface area (Å²) in [7, 11) is 0. The van der Waals surface area contributed by atoms with Gasteiger partial charge in [0.05, 0.1) is 4.47 Å². The molecule has 0 aliphatic carbocycles. The van der Waals surface area contributed by atoms with E-state index in [0.717, 1.165) is 0 Å². The molecule has 1 atom stereocenters. The molecule has 0 aliphatic rings. The van der Waals surface area contributed by atoms with Gasteiger partial charge < -0.3 is 10.5 Å². The molecule has 5 nitrogen and oxygen atoms in total. The van der Waals surface area contributed by atoms with E-state index < -0.39 is 18.0 Å². The lowest BCUT2D eigenvalue weighted by atomic mass is 10.1. The zero-order valence-electron chi connectivity index (χ0n) is 10.4. The Balaban J connectivity index is 2.89. The second kappa shape index (κ2) is 6.77. The lowest BCUT2D eigenvalue weighted by molar-refractivity contribution is -0.128. The maximum absolute atomic E-state index is 11.8. The lowest BCUT2D eigenvalue weighted by Gasteiger charge is -2.21. The number of hydrogen-bond donors (Lipinski definition) is 2. The van der Waals surface area contributed by atoms with Crippen LogP contribution in [0, 0.1) is 5.92 Å². The zero-order chi connectivity index (χ0) is 14.6. The van der Waals surface area contributed by atoms with Crippen molar-refractivity contribution >= 4 is 39.5 Å². The van der Waals surface area contributed by atoms with E-state index in [4.69, 9.17) is 22.1 Å². The van der Waals surface area contributed by atoms with Gasteiger partial charge in [0.25, 0.3) is 5.91 Å². The Bertz CT molecular complexity index is 494. The van der Waals surface area contributed by atoms with Crippen molar-refractivity contribution < 1.29 is 14.3 Å². The summed E-state index contributed by atoms with van der Waals surface area (Å²) >= 11 is 9.11. The summed E-state index contributed by atoms with van der Waals surface area (Å²) in [6, 6.07) is 4.03. The van der Waals surface area contributed by atoms with Crippen LogP contribution in [0.1, 0.15) is 13.8 Å². The van der Waals surface area contributed by atoms with Crippen molar-refractivity contribution in [1.82, 2.24) is 5.32 Å². The molecule has 0 bridgehead atoms. The molecule has 1 aromatic carbocycles. The van der Waals surface area contributed by atoms with Crippen molar-refractivity contribution in [2.75, 3.05) is 0 Å². The standard InChI is InChI=1S/C12H14BrClN2O3/c1-6(2)10(11(17)16-12(15)18)19-9-4-3-7(14)5-8(9)13/h3-6,10H,1-2H3,(H3,15,16,17,18)/t10-/m0/s1. The third-order valence-corrected chi connectivity index (χ3v) is 3.11. The first kappa shape index (κ1) is 15.8. The largest absolute Gasteiger partial charge is 0.479 e. The molecular weight excluding hydrogens is 336 g/mol. The predicted molar refractivity (Wildman–Crippen MR) is 76.1 cm³/mol. The van der Waals surface area contributed by atoms with Crippen LogP contribution in [-0.2, 0) is 4.79 Å². The third-order valence-electron chi connectivity index (χ3n) is 2.26. The Kier molecular flexibility index (Phi) is 5.62. The van der Waals surface area contributed by atoms with Crippen LogP contribution < -0.4 is 15.8 Å². The number of halogens is 2. The van der Waals surface area contributed by atoms with Crippen LogP contribution in [0.25, 0.3) is 0 Å². The number of carbonyl (C=O) groups excluding carboxylic acids is 2. The van der Waals surface area contributed by atoms with Gasteiger partial charge in [0, 0.05) is 5.02 Å². The van der Waals surface area contributed by atoms with E-state index in [1.807, 2.05) is 5.32 Å². The second-order valence-corrected chi connectivity index (χ2v) is 5.50. The minimum absolute atomic E-state index is 0.137. The Morgan fingerprint density at radius 1 is 1.42 bits per heavy atom. The molecule has 0 fully saturated rings. The number of carbonyl (C=O) groups is 2. The first-order chi connectivity index (χ1) is 8.81. The number of rotatable bonds is 4. The van der Waals surface area contributed by atoms with Gasteiger partial charge in [-0.15, -0.1) is 0 Å². The van der Waals surface area contributed by atoms with E-state index in [1.165, 1.54) is 0 Å². The summed E-state index contributed by atoms with van der Waals surface area (Å²) in [5, 5.41) is 2.55. The van der Waals surface area contributed by atoms with Gasteiger partial charge in [-0.05, 0) is 40.0 Å². The summed E-state index contributed by atoms with van der Waals surface area (Å²) in [6.07, 6.45) is -0.829. The molecule has 0 aliphatic heterocycles. The zero-order valence-corrected chi connectivity index (χ0v) is 12.8. The summed E-state index contributed by atoms with van der Waals surface area (Å²) in [5.74, 6) is -0.256. The van der Waals surface area contributed by atoms with Crippen LogP contribution >= 0.6 is 27.5 Å². The smallest absolute Gasteiger partial charge is 0.318 e. The van der Waals surface area contributed by atoms with Gasteiger partial charge in [0.15, 0.2) is 6.10 Å². The number of urea groups is 1. The predicted octanol–water partition coefficient (Wildman–Crippen LogP) is 2.70. The van der Waals surface area contributed by atoms with Crippen molar-refractivity contribution in [3.8, 4) is 5.75 Å². The molecule has 0 saturated carbocycles. The van der Waals surface area contributed by atoms with Gasteiger partial charge in [-0.25, -0.2) is 4.79 Å². The van der Waals surface area contributed by atoms with E-state index in [2.05, 4.69) is 15.9 Å². The molecule has 0 heterocycles. The fourth-order valence-corrected chi connectivity index (χ4v) is 2.17. The Morgan fingerprint density at radius 3 is 2.53 bits per heavy atom. The monoisotopic (exact) mass is 348 g/mol. The van der Waals surface area contributed by atoms with Crippen molar-refractivity contribution in [1.29, 1.82) is 0 Å². The van der Waals surface area contributed by atoms with Crippen LogP contribution in [0.2, 0.25) is 5.02 Å². The molecule has 1 aromatic rings. The Labute approximate surface area is 124 Å². The topological polar surface area (TPSA) is 81.4 Å². The highest BCUT2D eigenvalue weighted by Gasteiger charge is 2.26. The van der Waals surface area contributed by atoms with Crippen LogP contribution in [0.5, 0.6) is 5.75 Å². The number of imide groups is 1. The van der Waals surface area contributed by atoms with Crippen molar-refractivity contribution in [2.45, 2.75) is 20.0 Å². The van der Waals surface area contributed by atoms with Crippen molar-refractivity contribution in [3.05, 3.63) is 27.7 Å². The highest BCUT2D eigenvalue weighted by Crippen LogP contribution is 2.29. The molecule has 1 rings (SSSR count).